The number of esters is 1. The molecule has 1 aromatic carbocycles. The second kappa shape index (κ2) is 5.98. The molecule has 0 aliphatic heterocycles. The molecule has 1 aromatic rings. The number of halogens is 1. The molecule has 9 heteroatoms. The van der Waals surface area contributed by atoms with Crippen molar-refractivity contribution in [1.82, 2.24) is 0 Å². The van der Waals surface area contributed by atoms with Gasteiger partial charge in [0.1, 0.15) is 0 Å². The number of hydrogen-bond acceptors (Lipinski definition) is 6. The van der Waals surface area contributed by atoms with Crippen molar-refractivity contribution in [1.29, 1.82) is 0 Å². The minimum absolute atomic E-state index is 0.129. The number of non-ortho nitro benzene ring substituents is 1. The molecule has 0 aliphatic carbocycles. The van der Waals surface area contributed by atoms with E-state index in [0.717, 1.165) is 18.2 Å². The molecule has 0 aromatic heterocycles. The third-order valence-corrected chi connectivity index (χ3v) is 3.39. The quantitative estimate of drug-likeness (QED) is 0.357. The monoisotopic (exact) mass is 307 g/mol. The number of nitro groups is 1. The van der Waals surface area contributed by atoms with Gasteiger partial charge in [0.15, 0.2) is 0 Å². The number of ether oxygens (including phenoxy) is 1. The van der Waals surface area contributed by atoms with Crippen LogP contribution in [-0.2, 0) is 13.8 Å². The first-order chi connectivity index (χ1) is 8.75. The van der Waals surface area contributed by atoms with Crippen LogP contribution in [0.5, 0.6) is 0 Å². The summed E-state index contributed by atoms with van der Waals surface area (Å²) in [6.45, 7) is 1.90. The van der Waals surface area contributed by atoms with E-state index in [1.54, 1.807) is 6.92 Å². The van der Waals surface area contributed by atoms with Gasteiger partial charge in [-0.2, -0.15) is 0 Å². The lowest BCUT2D eigenvalue weighted by Gasteiger charge is -2.04. The van der Waals surface area contributed by atoms with Crippen LogP contribution in [0, 0.1) is 10.1 Å². The van der Waals surface area contributed by atoms with Crippen LogP contribution in [0.4, 0.5) is 5.69 Å². The topological polar surface area (TPSA) is 104 Å². The molecule has 0 amide bonds. The van der Waals surface area contributed by atoms with Crippen LogP contribution in [-0.4, -0.2) is 25.9 Å². The fraction of sp³-hybridized carbons (Fsp3) is 0.300. The standard InChI is InChI=1S/C10H10ClNO6S/c1-2-3-18-10(13)7-4-8(12(14)15)6-9(5-7)19(11,16)17/h4-6H,2-3H2,1H3. The van der Waals surface area contributed by atoms with Crippen molar-refractivity contribution in [2.75, 3.05) is 6.61 Å². The van der Waals surface area contributed by atoms with Crippen LogP contribution >= 0.6 is 10.7 Å². The van der Waals surface area contributed by atoms with Gasteiger partial charge in [-0.25, -0.2) is 13.2 Å². The molecule has 1 rings (SSSR count). The van der Waals surface area contributed by atoms with Gasteiger partial charge >= 0.3 is 5.97 Å². The minimum atomic E-state index is -4.18. The van der Waals surface area contributed by atoms with Crippen molar-refractivity contribution in [2.45, 2.75) is 18.2 Å². The lowest BCUT2D eigenvalue weighted by molar-refractivity contribution is -0.385. The average Bonchev–Trinajstić information content (AvgIpc) is 2.34. The summed E-state index contributed by atoms with van der Waals surface area (Å²) in [7, 11) is 0.938. The summed E-state index contributed by atoms with van der Waals surface area (Å²) in [5.41, 5.74) is -0.785. The zero-order chi connectivity index (χ0) is 14.6. The van der Waals surface area contributed by atoms with Crippen LogP contribution in [0.25, 0.3) is 0 Å². The summed E-state index contributed by atoms with van der Waals surface area (Å²) in [6, 6.07) is 2.65. The molecular formula is C10H10ClNO6S. The predicted octanol–water partition coefficient (Wildman–Crippen LogP) is 2.09. The van der Waals surface area contributed by atoms with Gasteiger partial charge in [-0.15, -0.1) is 0 Å². The molecule has 0 heterocycles. The maximum atomic E-state index is 11.6. The Labute approximate surface area is 113 Å². The van der Waals surface area contributed by atoms with Gasteiger partial charge in [-0.1, -0.05) is 6.92 Å². The molecule has 0 saturated heterocycles. The van der Waals surface area contributed by atoms with E-state index in [-0.39, 0.29) is 12.2 Å². The molecule has 0 bridgehead atoms. The van der Waals surface area contributed by atoms with E-state index in [2.05, 4.69) is 0 Å². The van der Waals surface area contributed by atoms with Crippen LogP contribution < -0.4 is 0 Å². The second-order valence-corrected chi connectivity index (χ2v) is 6.11. The van der Waals surface area contributed by atoms with E-state index in [1.807, 2.05) is 0 Å². The predicted molar refractivity (Wildman–Crippen MR) is 66.7 cm³/mol. The Morgan fingerprint density at radius 3 is 2.53 bits per heavy atom. The van der Waals surface area contributed by atoms with Crippen molar-refractivity contribution in [3.63, 3.8) is 0 Å². The summed E-state index contributed by atoms with van der Waals surface area (Å²) in [6.07, 6.45) is 0.571. The van der Waals surface area contributed by atoms with Crippen molar-refractivity contribution in [2.24, 2.45) is 0 Å². The van der Waals surface area contributed by atoms with Crippen LogP contribution in [0.1, 0.15) is 23.7 Å². The van der Waals surface area contributed by atoms with Crippen LogP contribution in [0.15, 0.2) is 23.1 Å². The normalized spacial score (nSPS) is 11.1. The first-order valence-corrected chi connectivity index (χ1v) is 7.48. The third kappa shape index (κ3) is 4.18. The van der Waals surface area contributed by atoms with Gasteiger partial charge in [-0.05, 0) is 12.5 Å². The van der Waals surface area contributed by atoms with Crippen molar-refractivity contribution >= 4 is 31.4 Å². The molecule has 0 saturated carbocycles. The lowest BCUT2D eigenvalue weighted by Crippen LogP contribution is -2.08. The molecule has 0 radical (unpaired) electrons. The zero-order valence-corrected chi connectivity index (χ0v) is 11.4. The van der Waals surface area contributed by atoms with E-state index in [9.17, 15) is 23.3 Å². The Kier molecular flexibility index (Phi) is 4.84. The van der Waals surface area contributed by atoms with Gasteiger partial charge in [0, 0.05) is 22.8 Å². The van der Waals surface area contributed by atoms with Crippen molar-refractivity contribution in [3.05, 3.63) is 33.9 Å². The number of carbonyl (C=O) groups excluding carboxylic acids is 1. The molecule has 0 aliphatic rings. The molecule has 19 heavy (non-hydrogen) atoms. The van der Waals surface area contributed by atoms with Crippen LogP contribution in [0.3, 0.4) is 0 Å². The van der Waals surface area contributed by atoms with Crippen molar-refractivity contribution in [3.8, 4) is 0 Å². The second-order valence-electron chi connectivity index (χ2n) is 3.55. The maximum Gasteiger partial charge on any atom is 0.338 e. The smallest absolute Gasteiger partial charge is 0.338 e. The third-order valence-electron chi connectivity index (χ3n) is 2.06. The Morgan fingerprint density at radius 1 is 1.42 bits per heavy atom. The Bertz CT molecular complexity index is 612. The molecule has 0 unspecified atom stereocenters. The largest absolute Gasteiger partial charge is 0.462 e. The van der Waals surface area contributed by atoms with E-state index in [1.165, 1.54) is 0 Å². The molecule has 0 spiro atoms. The molecular weight excluding hydrogens is 298 g/mol. The van der Waals surface area contributed by atoms with Crippen molar-refractivity contribution < 1.29 is 22.9 Å². The number of carbonyl (C=O) groups is 1. The van der Waals surface area contributed by atoms with E-state index in [0.29, 0.717) is 6.42 Å². The summed E-state index contributed by atoms with van der Waals surface area (Å²) >= 11 is 0. The van der Waals surface area contributed by atoms with Gasteiger partial charge in [0.2, 0.25) is 0 Å². The lowest BCUT2D eigenvalue weighted by atomic mass is 10.2. The van der Waals surface area contributed by atoms with E-state index in [4.69, 9.17) is 15.4 Å². The number of nitro benzene ring substituents is 1. The molecule has 104 valence electrons. The van der Waals surface area contributed by atoms with Gasteiger partial charge < -0.3 is 4.74 Å². The SMILES string of the molecule is CCCOC(=O)c1cc([N+](=O)[O-])cc(S(=O)(=O)Cl)c1. The molecule has 0 N–H and O–H groups in total. The zero-order valence-electron chi connectivity index (χ0n) is 9.83. The number of rotatable bonds is 5. The highest BCUT2D eigenvalue weighted by atomic mass is 35.7. The van der Waals surface area contributed by atoms with E-state index >= 15 is 0 Å². The Balaban J connectivity index is 3.29. The highest BCUT2D eigenvalue weighted by molar-refractivity contribution is 8.13. The average molecular weight is 308 g/mol. The van der Waals surface area contributed by atoms with Gasteiger partial charge in [0.25, 0.3) is 14.7 Å². The first-order valence-electron chi connectivity index (χ1n) is 5.17. The van der Waals surface area contributed by atoms with Gasteiger partial charge in [0.05, 0.1) is 22.0 Å². The molecule has 7 nitrogen and oxygen atoms in total. The molecule has 0 atom stereocenters. The number of benzene rings is 1. The maximum absolute atomic E-state index is 11.6. The van der Waals surface area contributed by atoms with Crippen LogP contribution in [0.2, 0.25) is 0 Å². The van der Waals surface area contributed by atoms with E-state index < -0.39 is 30.5 Å². The fourth-order valence-electron chi connectivity index (χ4n) is 1.23. The van der Waals surface area contributed by atoms with Gasteiger partial charge in [-0.3, -0.25) is 10.1 Å². The Morgan fingerprint density at radius 2 is 2.05 bits per heavy atom. The highest BCUT2D eigenvalue weighted by Gasteiger charge is 2.20. The summed E-state index contributed by atoms with van der Waals surface area (Å²) in [5, 5.41) is 10.7. The number of nitrogens with zero attached hydrogens (tertiary/aromatic N) is 1. The summed E-state index contributed by atoms with van der Waals surface area (Å²) in [5.74, 6) is -0.841. The Hall–Kier alpha value is -1.67. The fourth-order valence-corrected chi connectivity index (χ4v) is 2.02. The summed E-state index contributed by atoms with van der Waals surface area (Å²) < 4.78 is 27.2. The highest BCUT2D eigenvalue weighted by Crippen LogP contribution is 2.24. The molecule has 0 fully saturated rings. The minimum Gasteiger partial charge on any atom is -0.462 e. The first kappa shape index (κ1) is 15.4. The number of hydrogen-bond donors (Lipinski definition) is 0. The summed E-state index contributed by atoms with van der Waals surface area (Å²) in [4.78, 5) is 20.9.